The molecule has 126 valence electrons. The first-order valence-electron chi connectivity index (χ1n) is 8.84. The fourth-order valence-electron chi connectivity index (χ4n) is 3.00. The summed E-state index contributed by atoms with van der Waals surface area (Å²) in [5.41, 5.74) is 7.70. The Balaban J connectivity index is 1.54. The zero-order chi connectivity index (χ0) is 16.8. The van der Waals surface area contributed by atoms with Crippen molar-refractivity contribution >= 4 is 11.9 Å². The minimum Gasteiger partial charge on any atom is -0.490 e. The number of rotatable bonds is 5. The van der Waals surface area contributed by atoms with Gasteiger partial charge in [0.15, 0.2) is 0 Å². The summed E-state index contributed by atoms with van der Waals surface area (Å²) in [4.78, 5) is 0. The summed E-state index contributed by atoms with van der Waals surface area (Å²) in [6, 6.07) is 14.4. The van der Waals surface area contributed by atoms with Crippen LogP contribution in [0.2, 0.25) is 0 Å². The summed E-state index contributed by atoms with van der Waals surface area (Å²) in [7, 11) is 0. The van der Waals surface area contributed by atoms with Crippen molar-refractivity contribution in [2.24, 2.45) is 5.10 Å². The average molecular weight is 322 g/mol. The van der Waals surface area contributed by atoms with Crippen LogP contribution in [0.1, 0.15) is 48.8 Å². The van der Waals surface area contributed by atoms with Crippen LogP contribution >= 0.6 is 0 Å². The number of nitrogens with zero attached hydrogens (tertiary/aromatic N) is 1. The fraction of sp³-hybridized carbons (Fsp3) is 0.381. The summed E-state index contributed by atoms with van der Waals surface area (Å²) in [5, 5.41) is 4.31. The molecule has 1 saturated carbocycles. The van der Waals surface area contributed by atoms with E-state index in [1.165, 1.54) is 43.2 Å². The molecule has 0 bridgehead atoms. The van der Waals surface area contributed by atoms with Gasteiger partial charge in [0.2, 0.25) is 0 Å². The highest BCUT2D eigenvalue weighted by Gasteiger charge is 2.14. The molecule has 0 atom stereocenters. The molecule has 1 aliphatic rings. The Morgan fingerprint density at radius 3 is 2.42 bits per heavy atom. The van der Waals surface area contributed by atoms with Crippen LogP contribution < -0.4 is 10.2 Å². The quantitative estimate of drug-likeness (QED) is 0.585. The predicted molar refractivity (Wildman–Crippen MR) is 101 cm³/mol. The Morgan fingerprint density at radius 1 is 0.958 bits per heavy atom. The molecule has 1 fully saturated rings. The van der Waals surface area contributed by atoms with E-state index in [4.69, 9.17) is 4.74 Å². The minimum absolute atomic E-state index is 0.393. The monoisotopic (exact) mass is 322 g/mol. The molecule has 2 aromatic rings. The highest BCUT2D eigenvalue weighted by atomic mass is 16.5. The second-order valence-electron chi connectivity index (χ2n) is 6.62. The van der Waals surface area contributed by atoms with Crippen molar-refractivity contribution in [3.05, 3.63) is 59.2 Å². The molecule has 24 heavy (non-hydrogen) atoms. The van der Waals surface area contributed by atoms with Crippen LogP contribution in [0, 0.1) is 13.8 Å². The standard InChI is InChI=1S/C21H26N2O/c1-16-8-11-19(14-17(16)2)23-22-15-18-9-12-21(13-10-18)24-20-6-4-3-5-7-20/h8-15,20,23H,3-7H2,1-2H3. The summed E-state index contributed by atoms with van der Waals surface area (Å²) in [5.74, 6) is 0.959. The van der Waals surface area contributed by atoms with Gasteiger partial charge in [0, 0.05) is 0 Å². The highest BCUT2D eigenvalue weighted by Crippen LogP contribution is 2.23. The fourth-order valence-corrected chi connectivity index (χ4v) is 3.00. The van der Waals surface area contributed by atoms with E-state index >= 15 is 0 Å². The lowest BCUT2D eigenvalue weighted by Crippen LogP contribution is -2.19. The van der Waals surface area contributed by atoms with E-state index in [9.17, 15) is 0 Å². The molecule has 0 saturated heterocycles. The Morgan fingerprint density at radius 2 is 1.71 bits per heavy atom. The molecule has 0 unspecified atom stereocenters. The maximum absolute atomic E-state index is 6.05. The number of hydrazone groups is 1. The molecule has 3 nitrogen and oxygen atoms in total. The number of hydrogen-bond donors (Lipinski definition) is 1. The van der Waals surface area contributed by atoms with E-state index in [0.717, 1.165) is 17.0 Å². The number of anilines is 1. The van der Waals surface area contributed by atoms with Crippen molar-refractivity contribution in [2.45, 2.75) is 52.1 Å². The number of hydrogen-bond acceptors (Lipinski definition) is 3. The highest BCUT2D eigenvalue weighted by molar-refractivity contribution is 5.80. The summed E-state index contributed by atoms with van der Waals surface area (Å²) < 4.78 is 6.05. The minimum atomic E-state index is 0.393. The van der Waals surface area contributed by atoms with Crippen LogP contribution in [0.25, 0.3) is 0 Å². The lowest BCUT2D eigenvalue weighted by Gasteiger charge is -2.22. The van der Waals surface area contributed by atoms with Crippen molar-refractivity contribution in [2.75, 3.05) is 5.43 Å². The second kappa shape index (κ2) is 8.00. The molecular formula is C21H26N2O. The van der Waals surface area contributed by atoms with E-state index in [1.54, 1.807) is 0 Å². The predicted octanol–water partition coefficient (Wildman–Crippen LogP) is 5.46. The largest absolute Gasteiger partial charge is 0.490 e. The van der Waals surface area contributed by atoms with Crippen molar-refractivity contribution < 1.29 is 4.74 Å². The first kappa shape index (κ1) is 16.6. The van der Waals surface area contributed by atoms with Crippen LogP contribution in [0.4, 0.5) is 5.69 Å². The smallest absolute Gasteiger partial charge is 0.119 e. The zero-order valence-corrected chi connectivity index (χ0v) is 14.6. The Kier molecular flexibility index (Phi) is 5.52. The van der Waals surface area contributed by atoms with Gasteiger partial charge in [0.25, 0.3) is 0 Å². The van der Waals surface area contributed by atoms with E-state index in [2.05, 4.69) is 36.5 Å². The van der Waals surface area contributed by atoms with Crippen molar-refractivity contribution in [3.8, 4) is 5.75 Å². The van der Waals surface area contributed by atoms with Crippen molar-refractivity contribution in [1.29, 1.82) is 0 Å². The van der Waals surface area contributed by atoms with Gasteiger partial charge in [-0.3, -0.25) is 5.43 Å². The van der Waals surface area contributed by atoms with Gasteiger partial charge in [-0.25, -0.2) is 0 Å². The molecule has 1 N–H and O–H groups in total. The van der Waals surface area contributed by atoms with Gasteiger partial charge in [-0.15, -0.1) is 0 Å². The second-order valence-corrected chi connectivity index (χ2v) is 6.62. The molecule has 3 rings (SSSR count). The van der Waals surface area contributed by atoms with Crippen LogP contribution in [0.5, 0.6) is 5.75 Å². The summed E-state index contributed by atoms with van der Waals surface area (Å²) in [6.07, 6.45) is 8.53. The van der Waals surface area contributed by atoms with Crippen LogP contribution in [0.3, 0.4) is 0 Å². The Hall–Kier alpha value is -2.29. The molecule has 0 spiro atoms. The molecule has 0 amide bonds. The number of benzene rings is 2. The van der Waals surface area contributed by atoms with E-state index < -0.39 is 0 Å². The molecule has 0 heterocycles. The first-order valence-corrected chi connectivity index (χ1v) is 8.84. The van der Waals surface area contributed by atoms with Crippen LogP contribution in [-0.4, -0.2) is 12.3 Å². The van der Waals surface area contributed by atoms with Gasteiger partial charge >= 0.3 is 0 Å². The number of nitrogens with one attached hydrogen (secondary N) is 1. The van der Waals surface area contributed by atoms with E-state index in [0.29, 0.717) is 6.10 Å². The third kappa shape index (κ3) is 4.60. The third-order valence-corrected chi connectivity index (χ3v) is 4.65. The lowest BCUT2D eigenvalue weighted by molar-refractivity contribution is 0.155. The first-order chi connectivity index (χ1) is 11.7. The van der Waals surface area contributed by atoms with E-state index in [-0.39, 0.29) is 0 Å². The Labute approximate surface area is 144 Å². The molecule has 2 aromatic carbocycles. The zero-order valence-electron chi connectivity index (χ0n) is 14.6. The molecule has 1 aliphatic carbocycles. The van der Waals surface area contributed by atoms with Gasteiger partial charge in [0.05, 0.1) is 18.0 Å². The topological polar surface area (TPSA) is 33.6 Å². The third-order valence-electron chi connectivity index (χ3n) is 4.65. The molecule has 3 heteroatoms. The average Bonchev–Trinajstić information content (AvgIpc) is 2.60. The molecular weight excluding hydrogens is 296 g/mol. The van der Waals surface area contributed by atoms with Crippen LogP contribution in [0.15, 0.2) is 47.6 Å². The van der Waals surface area contributed by atoms with Gasteiger partial charge < -0.3 is 4.74 Å². The van der Waals surface area contributed by atoms with Gasteiger partial charge in [-0.05, 0) is 92.6 Å². The normalized spacial score (nSPS) is 15.6. The molecule has 0 aliphatic heterocycles. The van der Waals surface area contributed by atoms with Gasteiger partial charge in [-0.1, -0.05) is 12.5 Å². The molecule has 0 aromatic heterocycles. The Bertz CT molecular complexity index is 685. The number of aryl methyl sites for hydroxylation is 2. The van der Waals surface area contributed by atoms with Crippen molar-refractivity contribution in [3.63, 3.8) is 0 Å². The maximum Gasteiger partial charge on any atom is 0.119 e. The summed E-state index contributed by atoms with van der Waals surface area (Å²) >= 11 is 0. The van der Waals surface area contributed by atoms with Crippen LogP contribution in [-0.2, 0) is 0 Å². The lowest BCUT2D eigenvalue weighted by atomic mass is 9.98. The van der Waals surface area contributed by atoms with E-state index in [1.807, 2.05) is 36.5 Å². The number of ether oxygens (including phenoxy) is 1. The molecule has 0 radical (unpaired) electrons. The SMILES string of the molecule is Cc1ccc(NN=Cc2ccc(OC3CCCCC3)cc2)cc1C. The maximum atomic E-state index is 6.05. The van der Waals surface area contributed by atoms with Gasteiger partial charge in [-0.2, -0.15) is 5.10 Å². The summed E-state index contributed by atoms with van der Waals surface area (Å²) in [6.45, 7) is 4.22. The van der Waals surface area contributed by atoms with Crippen molar-refractivity contribution in [1.82, 2.24) is 0 Å². The van der Waals surface area contributed by atoms with Gasteiger partial charge in [0.1, 0.15) is 5.75 Å².